The van der Waals surface area contributed by atoms with Gasteiger partial charge in [0.25, 0.3) is 0 Å². The molecule has 1 N–H and O–H groups in total. The van der Waals surface area contributed by atoms with Crippen LogP contribution in [0.1, 0.15) is 49.7 Å². The summed E-state index contributed by atoms with van der Waals surface area (Å²) in [6.45, 7) is 8.77. The maximum atomic E-state index is 4.65. The molecule has 3 rings (SSSR count). The van der Waals surface area contributed by atoms with Crippen molar-refractivity contribution in [3.05, 3.63) is 22.5 Å². The molecule has 1 aliphatic carbocycles. The number of thiazole rings is 1. The topological polar surface area (TPSA) is 29.3 Å². The van der Waals surface area contributed by atoms with E-state index in [1.165, 1.54) is 42.8 Å². The van der Waals surface area contributed by atoms with Crippen molar-refractivity contribution >= 4 is 16.3 Å². The molecule has 2 aromatic heterocycles. The second kappa shape index (κ2) is 5.86. The fourth-order valence-electron chi connectivity index (χ4n) is 3.52. The first-order valence-electron chi connectivity index (χ1n) is 7.78. The summed E-state index contributed by atoms with van der Waals surface area (Å²) in [5.74, 6) is 1.78. The van der Waals surface area contributed by atoms with E-state index >= 15 is 0 Å². The molecule has 1 aliphatic rings. The van der Waals surface area contributed by atoms with E-state index in [0.717, 1.165) is 29.9 Å². The average molecular weight is 291 g/mol. The summed E-state index contributed by atoms with van der Waals surface area (Å²) >= 11 is 1.73. The van der Waals surface area contributed by atoms with Crippen LogP contribution in [0.3, 0.4) is 0 Å². The van der Waals surface area contributed by atoms with Crippen LogP contribution in [0.25, 0.3) is 4.96 Å². The fourth-order valence-corrected chi connectivity index (χ4v) is 4.45. The highest BCUT2D eigenvalue weighted by Gasteiger charge is 2.19. The third-order valence-corrected chi connectivity index (χ3v) is 5.54. The van der Waals surface area contributed by atoms with E-state index in [1.54, 1.807) is 11.3 Å². The Kier molecular flexibility index (Phi) is 4.13. The summed E-state index contributed by atoms with van der Waals surface area (Å²) in [4.78, 5) is 5.78. The van der Waals surface area contributed by atoms with Gasteiger partial charge in [-0.05, 0) is 45.1 Å². The molecule has 0 spiro atoms. The minimum Gasteiger partial charge on any atom is -0.311 e. The fraction of sp³-hybridized carbons (Fsp3) is 0.688. The lowest BCUT2D eigenvalue weighted by atomic mass is 9.82. The number of fused-ring (bicyclic) bond motifs is 1. The lowest BCUT2D eigenvalue weighted by molar-refractivity contribution is 0.274. The van der Waals surface area contributed by atoms with Crippen molar-refractivity contribution < 1.29 is 0 Å². The summed E-state index contributed by atoms with van der Waals surface area (Å²) < 4.78 is 2.30. The molecular formula is C16H25N3S. The lowest BCUT2D eigenvalue weighted by Gasteiger charge is -2.26. The van der Waals surface area contributed by atoms with Crippen LogP contribution in [0.2, 0.25) is 0 Å². The molecule has 0 saturated heterocycles. The van der Waals surface area contributed by atoms with Crippen LogP contribution < -0.4 is 5.32 Å². The molecule has 2 atom stereocenters. The van der Waals surface area contributed by atoms with Gasteiger partial charge >= 0.3 is 0 Å². The Bertz CT molecular complexity index is 584. The molecule has 0 amide bonds. The Morgan fingerprint density at radius 1 is 1.40 bits per heavy atom. The van der Waals surface area contributed by atoms with Gasteiger partial charge in [0.2, 0.25) is 0 Å². The van der Waals surface area contributed by atoms with Crippen LogP contribution >= 0.6 is 11.3 Å². The van der Waals surface area contributed by atoms with Crippen molar-refractivity contribution in [3.63, 3.8) is 0 Å². The number of hydrogen-bond donors (Lipinski definition) is 1. The predicted molar refractivity (Wildman–Crippen MR) is 85.4 cm³/mol. The Balaban J connectivity index is 1.62. The summed E-state index contributed by atoms with van der Waals surface area (Å²) in [6.07, 6.45) is 5.63. The smallest absolute Gasteiger partial charge is 0.194 e. The third kappa shape index (κ3) is 2.77. The summed E-state index contributed by atoms with van der Waals surface area (Å²) in [7, 11) is 0. The van der Waals surface area contributed by atoms with Gasteiger partial charge in [-0.2, -0.15) is 0 Å². The van der Waals surface area contributed by atoms with E-state index in [1.807, 2.05) is 0 Å². The minimum absolute atomic E-state index is 0.867. The zero-order valence-electron chi connectivity index (χ0n) is 12.8. The van der Waals surface area contributed by atoms with Crippen LogP contribution in [-0.2, 0) is 6.54 Å². The van der Waals surface area contributed by atoms with Crippen LogP contribution in [-0.4, -0.2) is 15.9 Å². The molecule has 2 unspecified atom stereocenters. The van der Waals surface area contributed by atoms with E-state index in [0.29, 0.717) is 0 Å². The Morgan fingerprint density at radius 2 is 2.25 bits per heavy atom. The zero-order chi connectivity index (χ0) is 14.1. The van der Waals surface area contributed by atoms with E-state index in [2.05, 4.69) is 40.9 Å². The SMILES string of the molecule is Cc1nc2scc(C)n2c1CNCC1CCCC(C)C1. The number of nitrogens with zero attached hydrogens (tertiary/aromatic N) is 2. The average Bonchev–Trinajstić information content (AvgIpc) is 2.91. The minimum atomic E-state index is 0.867. The van der Waals surface area contributed by atoms with Crippen molar-refractivity contribution in [1.82, 2.24) is 14.7 Å². The molecule has 1 saturated carbocycles. The van der Waals surface area contributed by atoms with Gasteiger partial charge in [0.1, 0.15) is 0 Å². The van der Waals surface area contributed by atoms with Crippen LogP contribution in [0, 0.1) is 25.7 Å². The van der Waals surface area contributed by atoms with Crippen molar-refractivity contribution in [1.29, 1.82) is 0 Å². The van der Waals surface area contributed by atoms with Crippen LogP contribution in [0.4, 0.5) is 0 Å². The summed E-state index contributed by atoms with van der Waals surface area (Å²) in [6, 6.07) is 0. The molecule has 3 nitrogen and oxygen atoms in total. The number of rotatable bonds is 4. The highest BCUT2D eigenvalue weighted by Crippen LogP contribution is 2.28. The predicted octanol–water partition coefficient (Wildman–Crippen LogP) is 3.93. The second-order valence-corrected chi connectivity index (χ2v) is 7.24. The van der Waals surface area contributed by atoms with Crippen LogP contribution in [0.15, 0.2) is 5.38 Å². The van der Waals surface area contributed by atoms with E-state index in [9.17, 15) is 0 Å². The van der Waals surface area contributed by atoms with Gasteiger partial charge in [-0.15, -0.1) is 11.3 Å². The number of aryl methyl sites for hydroxylation is 2. The van der Waals surface area contributed by atoms with Crippen LogP contribution in [0.5, 0.6) is 0 Å². The first-order valence-corrected chi connectivity index (χ1v) is 8.66. The lowest BCUT2D eigenvalue weighted by Crippen LogP contribution is -2.27. The third-order valence-electron chi connectivity index (χ3n) is 4.60. The van der Waals surface area contributed by atoms with Gasteiger partial charge in [-0.25, -0.2) is 4.98 Å². The molecule has 0 aromatic carbocycles. The van der Waals surface area contributed by atoms with E-state index in [-0.39, 0.29) is 0 Å². The van der Waals surface area contributed by atoms with Crippen molar-refractivity contribution in [2.75, 3.05) is 6.54 Å². The van der Waals surface area contributed by atoms with Crippen molar-refractivity contribution in [2.45, 2.75) is 53.0 Å². The van der Waals surface area contributed by atoms with Gasteiger partial charge in [0, 0.05) is 17.6 Å². The van der Waals surface area contributed by atoms with Gasteiger partial charge in [-0.3, -0.25) is 4.40 Å². The van der Waals surface area contributed by atoms with Gasteiger partial charge < -0.3 is 5.32 Å². The Morgan fingerprint density at radius 3 is 3.05 bits per heavy atom. The van der Waals surface area contributed by atoms with Crippen molar-refractivity contribution in [3.8, 4) is 0 Å². The van der Waals surface area contributed by atoms with Gasteiger partial charge in [0.05, 0.1) is 11.4 Å². The summed E-state index contributed by atoms with van der Waals surface area (Å²) in [5, 5.41) is 5.86. The quantitative estimate of drug-likeness (QED) is 0.925. The molecule has 2 heterocycles. The Hall–Kier alpha value is -0.870. The van der Waals surface area contributed by atoms with E-state index in [4.69, 9.17) is 0 Å². The monoisotopic (exact) mass is 291 g/mol. The maximum absolute atomic E-state index is 4.65. The molecule has 0 radical (unpaired) electrons. The maximum Gasteiger partial charge on any atom is 0.194 e. The molecule has 0 aliphatic heterocycles. The standard InChI is InChI=1S/C16H25N3S/c1-11-5-4-6-14(7-11)8-17-9-15-13(3)18-16-19(15)12(2)10-20-16/h10-11,14,17H,4-9H2,1-3H3. The number of aromatic nitrogens is 2. The number of imidazole rings is 1. The first kappa shape index (κ1) is 14.1. The summed E-state index contributed by atoms with van der Waals surface area (Å²) in [5.41, 5.74) is 3.81. The Labute approximate surface area is 125 Å². The molecule has 4 heteroatoms. The van der Waals surface area contributed by atoms with Gasteiger partial charge in [0.15, 0.2) is 4.96 Å². The largest absolute Gasteiger partial charge is 0.311 e. The molecule has 20 heavy (non-hydrogen) atoms. The molecule has 0 bridgehead atoms. The van der Waals surface area contributed by atoms with Gasteiger partial charge in [-0.1, -0.05) is 19.8 Å². The molecule has 1 fully saturated rings. The number of hydrogen-bond acceptors (Lipinski definition) is 3. The zero-order valence-corrected chi connectivity index (χ0v) is 13.6. The van der Waals surface area contributed by atoms with E-state index < -0.39 is 0 Å². The molecular weight excluding hydrogens is 266 g/mol. The molecule has 110 valence electrons. The number of nitrogens with one attached hydrogen (secondary N) is 1. The van der Waals surface area contributed by atoms with Crippen molar-refractivity contribution in [2.24, 2.45) is 11.8 Å². The first-order chi connectivity index (χ1) is 9.65. The second-order valence-electron chi connectivity index (χ2n) is 6.41. The normalized spacial score (nSPS) is 23.6. The highest BCUT2D eigenvalue weighted by atomic mass is 32.1. The molecule has 2 aromatic rings. The highest BCUT2D eigenvalue weighted by molar-refractivity contribution is 7.15.